The SMILES string of the molecule is O=C(c1ccccc1)c1ccc2n1CCC2C(=O)O.[H-].[Na+]. The fourth-order valence-electron chi connectivity index (χ4n) is 2.63. The summed E-state index contributed by atoms with van der Waals surface area (Å²) in [7, 11) is 0. The average Bonchev–Trinajstić information content (AvgIpc) is 2.99. The second kappa shape index (κ2) is 5.95. The third-order valence-corrected chi connectivity index (χ3v) is 3.58. The van der Waals surface area contributed by atoms with E-state index in [0.29, 0.717) is 24.2 Å². The molecule has 20 heavy (non-hydrogen) atoms. The number of nitrogens with zero attached hydrogens (tertiary/aromatic N) is 1. The first-order valence-corrected chi connectivity index (χ1v) is 6.20. The molecule has 0 bridgehead atoms. The summed E-state index contributed by atoms with van der Waals surface area (Å²) < 4.78 is 1.83. The Morgan fingerprint density at radius 2 is 1.85 bits per heavy atom. The molecule has 0 saturated carbocycles. The van der Waals surface area contributed by atoms with E-state index in [-0.39, 0.29) is 36.8 Å². The summed E-state index contributed by atoms with van der Waals surface area (Å²) in [5.74, 6) is -1.37. The Morgan fingerprint density at radius 1 is 1.15 bits per heavy atom. The van der Waals surface area contributed by atoms with Crippen LogP contribution in [0.1, 0.15) is 35.5 Å². The van der Waals surface area contributed by atoms with Gasteiger partial charge in [-0.25, -0.2) is 0 Å². The molecule has 0 radical (unpaired) electrons. The zero-order valence-corrected chi connectivity index (χ0v) is 13.2. The molecule has 1 N–H and O–H groups in total. The summed E-state index contributed by atoms with van der Waals surface area (Å²) in [5.41, 5.74) is 1.93. The molecule has 1 aromatic carbocycles. The molecule has 2 aromatic rings. The van der Waals surface area contributed by atoms with Gasteiger partial charge in [-0.3, -0.25) is 9.59 Å². The van der Waals surface area contributed by atoms with Crippen molar-refractivity contribution >= 4 is 11.8 Å². The van der Waals surface area contributed by atoms with E-state index < -0.39 is 11.9 Å². The zero-order valence-electron chi connectivity index (χ0n) is 12.2. The second-order valence-corrected chi connectivity index (χ2v) is 4.67. The van der Waals surface area contributed by atoms with Crippen LogP contribution in [0.3, 0.4) is 0 Å². The van der Waals surface area contributed by atoms with Gasteiger partial charge in [0.15, 0.2) is 0 Å². The minimum atomic E-state index is -0.824. The molecule has 0 aliphatic carbocycles. The van der Waals surface area contributed by atoms with Gasteiger partial charge in [-0.1, -0.05) is 30.3 Å². The number of benzene rings is 1. The maximum absolute atomic E-state index is 12.4. The Hall–Kier alpha value is -1.36. The van der Waals surface area contributed by atoms with Crippen molar-refractivity contribution in [3.8, 4) is 0 Å². The summed E-state index contributed by atoms with van der Waals surface area (Å²) in [6.07, 6.45) is 0.556. The Balaban J connectivity index is 0.00000110. The van der Waals surface area contributed by atoms with Gasteiger partial charge in [0.05, 0.1) is 11.6 Å². The number of ketones is 1. The van der Waals surface area contributed by atoms with Crippen molar-refractivity contribution in [1.82, 2.24) is 4.57 Å². The Bertz CT molecular complexity index is 654. The van der Waals surface area contributed by atoms with Gasteiger partial charge in [0.25, 0.3) is 0 Å². The van der Waals surface area contributed by atoms with Gasteiger partial charge in [0, 0.05) is 17.8 Å². The predicted molar refractivity (Wildman–Crippen MR) is 70.4 cm³/mol. The fourth-order valence-corrected chi connectivity index (χ4v) is 2.63. The molecule has 1 aromatic heterocycles. The smallest absolute Gasteiger partial charge is 1.00 e. The van der Waals surface area contributed by atoms with E-state index in [0.717, 1.165) is 5.69 Å². The van der Waals surface area contributed by atoms with Crippen LogP contribution in [0.25, 0.3) is 0 Å². The molecule has 3 rings (SSSR count). The van der Waals surface area contributed by atoms with Gasteiger partial charge in [-0.15, -0.1) is 0 Å². The van der Waals surface area contributed by atoms with Crippen molar-refractivity contribution in [2.45, 2.75) is 18.9 Å². The van der Waals surface area contributed by atoms with Crippen LogP contribution in [0, 0.1) is 0 Å². The minimum absolute atomic E-state index is 0. The van der Waals surface area contributed by atoms with Crippen LogP contribution in [-0.2, 0) is 11.3 Å². The summed E-state index contributed by atoms with van der Waals surface area (Å²) in [6, 6.07) is 12.5. The Kier molecular flexibility index (Phi) is 4.48. The monoisotopic (exact) mass is 279 g/mol. The van der Waals surface area contributed by atoms with Gasteiger partial charge >= 0.3 is 35.5 Å². The molecular formula is C15H14NNaO3. The van der Waals surface area contributed by atoms with Crippen LogP contribution in [0.5, 0.6) is 0 Å². The Morgan fingerprint density at radius 3 is 2.50 bits per heavy atom. The normalized spacial score (nSPS) is 16.3. The van der Waals surface area contributed by atoms with Gasteiger partial charge in [-0.2, -0.15) is 0 Å². The van der Waals surface area contributed by atoms with Gasteiger partial charge < -0.3 is 11.1 Å². The first-order valence-electron chi connectivity index (χ1n) is 6.20. The summed E-state index contributed by atoms with van der Waals surface area (Å²) in [4.78, 5) is 23.5. The minimum Gasteiger partial charge on any atom is -1.00 e. The molecule has 2 heterocycles. The molecule has 4 nitrogen and oxygen atoms in total. The Labute approximate surface area is 140 Å². The fraction of sp³-hybridized carbons (Fsp3) is 0.200. The second-order valence-electron chi connectivity index (χ2n) is 4.67. The molecule has 98 valence electrons. The number of carboxylic acids is 1. The van der Waals surface area contributed by atoms with E-state index in [2.05, 4.69) is 0 Å². The molecule has 1 unspecified atom stereocenters. The number of aromatic nitrogens is 1. The maximum Gasteiger partial charge on any atom is 1.00 e. The number of aliphatic carboxylic acids is 1. The predicted octanol–water partition coefficient (Wildman–Crippen LogP) is -0.592. The topological polar surface area (TPSA) is 59.3 Å². The molecule has 1 atom stereocenters. The zero-order chi connectivity index (χ0) is 13.4. The molecule has 0 spiro atoms. The first kappa shape index (κ1) is 15.0. The van der Waals surface area contributed by atoms with Gasteiger partial charge in [0.2, 0.25) is 5.78 Å². The number of carboxylic acid groups (broad SMARTS) is 1. The van der Waals surface area contributed by atoms with Crippen LogP contribution in [0.2, 0.25) is 0 Å². The number of hydrogen-bond donors (Lipinski definition) is 1. The molecule has 5 heteroatoms. The van der Waals surface area contributed by atoms with Crippen LogP contribution < -0.4 is 29.6 Å². The third kappa shape index (κ3) is 2.46. The summed E-state index contributed by atoms with van der Waals surface area (Å²) >= 11 is 0. The van der Waals surface area contributed by atoms with Gasteiger partial charge in [-0.05, 0) is 18.6 Å². The van der Waals surface area contributed by atoms with Crippen molar-refractivity contribution in [2.24, 2.45) is 0 Å². The van der Waals surface area contributed by atoms with Crippen molar-refractivity contribution in [2.75, 3.05) is 0 Å². The van der Waals surface area contributed by atoms with E-state index in [4.69, 9.17) is 5.11 Å². The van der Waals surface area contributed by atoms with Crippen molar-refractivity contribution in [3.05, 3.63) is 59.4 Å². The van der Waals surface area contributed by atoms with Crippen LogP contribution in [0.15, 0.2) is 42.5 Å². The van der Waals surface area contributed by atoms with E-state index in [1.165, 1.54) is 0 Å². The van der Waals surface area contributed by atoms with Crippen molar-refractivity contribution in [3.63, 3.8) is 0 Å². The molecular weight excluding hydrogens is 265 g/mol. The summed E-state index contributed by atoms with van der Waals surface area (Å²) in [6.45, 7) is 0.590. The molecule has 1 aliphatic rings. The van der Waals surface area contributed by atoms with Crippen molar-refractivity contribution < 1.29 is 45.7 Å². The number of fused-ring (bicyclic) bond motifs is 1. The number of carbonyl (C=O) groups is 2. The summed E-state index contributed by atoms with van der Waals surface area (Å²) in [5, 5.41) is 9.13. The number of carbonyl (C=O) groups excluding carboxylic acids is 1. The standard InChI is InChI=1S/C15H13NO3.Na.H/c17-14(10-4-2-1-3-5-10)13-7-6-12-11(15(18)19)8-9-16(12)13;;/h1-7,11H,8-9H2,(H,18,19);;/q;+1;-1. The molecule has 0 amide bonds. The van der Waals surface area contributed by atoms with Crippen molar-refractivity contribution in [1.29, 1.82) is 0 Å². The largest absolute Gasteiger partial charge is 1.00 e. The van der Waals surface area contributed by atoms with E-state index in [9.17, 15) is 9.59 Å². The van der Waals surface area contributed by atoms with E-state index in [1.54, 1.807) is 24.3 Å². The van der Waals surface area contributed by atoms with Crippen LogP contribution in [-0.4, -0.2) is 21.4 Å². The quantitative estimate of drug-likeness (QED) is 0.603. The number of hydrogen-bond acceptors (Lipinski definition) is 2. The van der Waals surface area contributed by atoms with Gasteiger partial charge in [0.1, 0.15) is 0 Å². The van der Waals surface area contributed by atoms with E-state index in [1.807, 2.05) is 22.8 Å². The van der Waals surface area contributed by atoms with E-state index >= 15 is 0 Å². The van der Waals surface area contributed by atoms with Crippen LogP contribution >= 0.6 is 0 Å². The first-order chi connectivity index (χ1) is 9.18. The molecule has 0 fully saturated rings. The molecule has 1 aliphatic heterocycles. The third-order valence-electron chi connectivity index (χ3n) is 3.58. The average molecular weight is 279 g/mol. The van der Waals surface area contributed by atoms with Crippen LogP contribution in [0.4, 0.5) is 0 Å². The maximum atomic E-state index is 12.4. The number of rotatable bonds is 3. The molecule has 0 saturated heterocycles.